The smallest absolute Gasteiger partial charge is 0.220 e. The number of benzene rings is 2. The van der Waals surface area contributed by atoms with Crippen molar-refractivity contribution in [3.05, 3.63) is 77.4 Å². The molecule has 4 aromatic rings. The second-order valence-electron chi connectivity index (χ2n) is 9.87. The molecule has 1 fully saturated rings. The van der Waals surface area contributed by atoms with Crippen LogP contribution in [0.2, 0.25) is 0 Å². The number of fused-ring (bicyclic) bond motifs is 1. The van der Waals surface area contributed by atoms with Crippen LogP contribution >= 0.6 is 0 Å². The number of aryl methyl sites for hydroxylation is 3. The highest BCUT2D eigenvalue weighted by Crippen LogP contribution is 2.41. The first-order chi connectivity index (χ1) is 17.9. The van der Waals surface area contributed by atoms with Crippen LogP contribution in [-0.4, -0.2) is 20.4 Å². The molecule has 0 saturated heterocycles. The molecule has 2 N–H and O–H groups in total. The topological polar surface area (TPSA) is 62.7 Å². The van der Waals surface area contributed by atoms with E-state index < -0.39 is 11.6 Å². The Morgan fingerprint density at radius 3 is 2.57 bits per heavy atom. The molecule has 2 aromatic heterocycles. The molecule has 0 bridgehead atoms. The van der Waals surface area contributed by atoms with Gasteiger partial charge < -0.3 is 14.9 Å². The second-order valence-corrected chi connectivity index (χ2v) is 9.87. The zero-order chi connectivity index (χ0) is 26.5. The number of nitrogens with one attached hydrogen (secondary N) is 2. The Kier molecular flexibility index (Phi) is 8.41. The Morgan fingerprint density at radius 1 is 1.16 bits per heavy atom. The molecule has 2 heterocycles. The highest BCUT2D eigenvalue weighted by atomic mass is 19.1. The van der Waals surface area contributed by atoms with Gasteiger partial charge in [-0.15, -0.1) is 0 Å². The van der Waals surface area contributed by atoms with Crippen molar-refractivity contribution in [3.63, 3.8) is 0 Å². The monoisotopic (exact) mass is 510 g/mol. The number of halogens is 2. The lowest BCUT2D eigenvalue weighted by Crippen LogP contribution is -2.31. The number of imidazole rings is 1. The summed E-state index contributed by atoms with van der Waals surface area (Å²) in [4.78, 5) is 19.6. The summed E-state index contributed by atoms with van der Waals surface area (Å²) in [6.07, 6.45) is 7.68. The first-order valence-corrected chi connectivity index (χ1v) is 13.2. The van der Waals surface area contributed by atoms with Crippen LogP contribution in [0.4, 0.5) is 8.78 Å². The van der Waals surface area contributed by atoms with Crippen LogP contribution in [0.5, 0.6) is 0 Å². The van der Waals surface area contributed by atoms with E-state index >= 15 is 0 Å². The van der Waals surface area contributed by atoms with E-state index in [4.69, 9.17) is 0 Å². The van der Waals surface area contributed by atoms with E-state index in [-0.39, 0.29) is 8.76 Å². The average molecular weight is 511 g/mol. The summed E-state index contributed by atoms with van der Waals surface area (Å²) in [6, 6.07) is 10.4. The second kappa shape index (κ2) is 11.7. The molecule has 2 aromatic carbocycles. The van der Waals surface area contributed by atoms with E-state index in [2.05, 4.69) is 15.3 Å². The van der Waals surface area contributed by atoms with Crippen molar-refractivity contribution in [1.82, 2.24) is 19.9 Å². The number of amides is 1. The van der Waals surface area contributed by atoms with Crippen LogP contribution in [-0.2, 0) is 24.8 Å². The number of hydrogen-bond acceptors (Lipinski definition) is 2. The van der Waals surface area contributed by atoms with Gasteiger partial charge in [-0.2, -0.15) is 0 Å². The summed E-state index contributed by atoms with van der Waals surface area (Å²) < 4.78 is 30.5. The van der Waals surface area contributed by atoms with Crippen molar-refractivity contribution in [2.24, 2.45) is 18.9 Å². The summed E-state index contributed by atoms with van der Waals surface area (Å²) in [7, 11) is 1.91. The van der Waals surface area contributed by atoms with Crippen LogP contribution in [0.15, 0.2) is 48.9 Å². The molecule has 5 rings (SSSR count). The van der Waals surface area contributed by atoms with Crippen LogP contribution in [0, 0.1) is 30.4 Å². The maximum atomic E-state index is 14.5. The number of aromatic nitrogens is 3. The highest BCUT2D eigenvalue weighted by Gasteiger charge is 2.31. The molecule has 1 aliphatic rings. The molecule has 37 heavy (non-hydrogen) atoms. The number of nitrogens with zero attached hydrogens (tertiary/aromatic N) is 2. The zero-order valence-corrected chi connectivity index (χ0v) is 22.1. The largest absolute Gasteiger partial charge is 0.352 e. The van der Waals surface area contributed by atoms with Crippen LogP contribution in [0.1, 0.15) is 59.2 Å². The Hall–Kier alpha value is -3.48. The fraction of sp³-hybridized carbons (Fsp3) is 0.400. The molecule has 0 atom stereocenters. The average Bonchev–Trinajstić information content (AvgIpc) is 3.44. The molecule has 1 aliphatic carbocycles. The van der Waals surface area contributed by atoms with Gasteiger partial charge in [0, 0.05) is 39.7 Å². The summed E-state index contributed by atoms with van der Waals surface area (Å²) in [5.74, 6) is -0.161. The first kappa shape index (κ1) is 26.6. The van der Waals surface area contributed by atoms with E-state index in [9.17, 15) is 13.6 Å². The summed E-state index contributed by atoms with van der Waals surface area (Å²) in [6.45, 7) is 6.51. The van der Waals surface area contributed by atoms with Crippen molar-refractivity contribution in [3.8, 4) is 11.3 Å². The lowest BCUT2D eigenvalue weighted by molar-refractivity contribution is -0.123. The zero-order valence-electron chi connectivity index (χ0n) is 22.1. The normalized spacial score (nSPS) is 16.7. The van der Waals surface area contributed by atoms with Gasteiger partial charge >= 0.3 is 0 Å². The molecule has 1 amide bonds. The van der Waals surface area contributed by atoms with Crippen molar-refractivity contribution < 1.29 is 16.4 Å². The third-order valence-corrected chi connectivity index (χ3v) is 7.27. The van der Waals surface area contributed by atoms with E-state index in [1.54, 1.807) is 12.5 Å². The minimum atomic E-state index is -0.569. The molecule has 0 spiro atoms. The minimum Gasteiger partial charge on any atom is -0.352 e. The van der Waals surface area contributed by atoms with Gasteiger partial charge in [0.2, 0.25) is 5.91 Å². The van der Waals surface area contributed by atoms with E-state index in [1.165, 1.54) is 6.07 Å². The van der Waals surface area contributed by atoms with E-state index in [0.29, 0.717) is 35.7 Å². The summed E-state index contributed by atoms with van der Waals surface area (Å²) in [5, 5.41) is 3.59. The molecular formula is C30H40F2N4O. The van der Waals surface area contributed by atoms with Gasteiger partial charge in [-0.3, -0.25) is 4.79 Å². The number of hydrogen-bond donors (Lipinski definition) is 2. The van der Waals surface area contributed by atoms with Crippen molar-refractivity contribution in [2.45, 2.75) is 59.4 Å². The summed E-state index contributed by atoms with van der Waals surface area (Å²) in [5.41, 5.74) is 5.26. The number of carbonyl (C=O) groups is 1. The highest BCUT2D eigenvalue weighted by molar-refractivity contribution is 5.91. The SMILES string of the molecule is CC.Cc1ccc(-c2[nH]c3c(F)cc(F)cc3c2CCC2CC(CC(=O)NCc3cncn3C)C2)cc1.[HH].[HH]. The number of rotatable bonds is 8. The van der Waals surface area contributed by atoms with Gasteiger partial charge in [0.05, 0.1) is 24.1 Å². The first-order valence-electron chi connectivity index (χ1n) is 13.2. The molecule has 200 valence electrons. The predicted molar refractivity (Wildman–Crippen MR) is 148 cm³/mol. The van der Waals surface area contributed by atoms with Crippen molar-refractivity contribution in [1.29, 1.82) is 0 Å². The molecule has 0 radical (unpaired) electrons. The molecule has 5 nitrogen and oxygen atoms in total. The molecule has 0 unspecified atom stereocenters. The van der Waals surface area contributed by atoms with Gasteiger partial charge in [-0.25, -0.2) is 13.8 Å². The van der Waals surface area contributed by atoms with Crippen LogP contribution in [0.3, 0.4) is 0 Å². The molecule has 1 saturated carbocycles. The van der Waals surface area contributed by atoms with Gasteiger partial charge in [-0.05, 0) is 61.6 Å². The number of aromatic amines is 1. The molecule has 7 heteroatoms. The van der Waals surface area contributed by atoms with Gasteiger partial charge in [0.15, 0.2) is 0 Å². The standard InChI is InChI=1S/C28H30F2N4O.C2H6.2H2/c1-17-3-6-20(7-4-17)27-23(24-12-21(29)13-25(30)28(24)33-27)8-5-18-9-19(10-18)11-26(35)32-15-22-14-31-16-34(22)2;1-2;;/h3-4,6-7,12-14,16,18-19,33H,5,8-11,15H2,1-2H3,(H,32,35);1-2H3;2*1H. The Balaban J connectivity index is 0.00000130. The summed E-state index contributed by atoms with van der Waals surface area (Å²) >= 11 is 0. The van der Waals surface area contributed by atoms with E-state index in [1.807, 2.05) is 56.7 Å². The predicted octanol–water partition coefficient (Wildman–Crippen LogP) is 7.34. The maximum Gasteiger partial charge on any atom is 0.220 e. The van der Waals surface area contributed by atoms with Gasteiger partial charge in [-0.1, -0.05) is 43.7 Å². The number of H-pyrrole nitrogens is 1. The van der Waals surface area contributed by atoms with Gasteiger partial charge in [0.25, 0.3) is 0 Å². The lowest BCUT2D eigenvalue weighted by atomic mass is 9.71. The molecule has 0 aliphatic heterocycles. The quantitative estimate of drug-likeness (QED) is 0.260. The minimum absolute atomic E-state index is 0. The Labute approximate surface area is 220 Å². The van der Waals surface area contributed by atoms with Gasteiger partial charge in [0.1, 0.15) is 11.6 Å². The lowest BCUT2D eigenvalue weighted by Gasteiger charge is -2.35. The third-order valence-electron chi connectivity index (χ3n) is 7.27. The van der Waals surface area contributed by atoms with E-state index in [0.717, 1.165) is 59.8 Å². The van der Waals surface area contributed by atoms with Crippen molar-refractivity contribution in [2.75, 3.05) is 0 Å². The maximum absolute atomic E-state index is 14.5. The van der Waals surface area contributed by atoms with Crippen LogP contribution in [0.25, 0.3) is 22.2 Å². The van der Waals surface area contributed by atoms with Crippen LogP contribution < -0.4 is 5.32 Å². The molecular weight excluding hydrogens is 470 g/mol. The Morgan fingerprint density at radius 2 is 1.89 bits per heavy atom. The third kappa shape index (κ3) is 6.09. The Bertz CT molecular complexity index is 1360. The van der Waals surface area contributed by atoms with Crippen molar-refractivity contribution >= 4 is 16.8 Å². The fourth-order valence-corrected chi connectivity index (χ4v) is 5.20. The number of carbonyl (C=O) groups excluding carboxylic acids is 1. The fourth-order valence-electron chi connectivity index (χ4n) is 5.20.